The minimum Gasteiger partial charge on any atom is -0.481 e. The number of nitrogens with two attached hydrogens (primary N) is 1. The van der Waals surface area contributed by atoms with Crippen LogP contribution < -0.4 is 16.4 Å². The fourth-order valence-corrected chi connectivity index (χ4v) is 8.45. The number of hydrogen-bond donors (Lipinski definition) is 7. The number of aliphatic hydroxyl groups excluding tert-OH is 2. The summed E-state index contributed by atoms with van der Waals surface area (Å²) in [6.45, 7) is 8.24. The standard InChI is InChI=1S/C40H71N3O5/c1-4-6-9-13-29(3)43-28-34-27-40(48,26-33(34)23-31-20-22-42-38(41)25-31)21-19-36(44)35(39(46)47)16-12-8-11-15-32-18-17-30(24-37(32)45)14-10-7-5-2/h17-18,20,25,29-30,32-37,42-45,48H,4-16,19,21-24,26-28,41H2,1-3H3,(H,46,47)/t29-,30+,32+,33+,34-,35+,36-,37+,40-/m0/s1. The number of unbranched alkanes of at least 4 members (excludes halogenated alkanes) is 6. The summed E-state index contributed by atoms with van der Waals surface area (Å²) >= 11 is 0. The van der Waals surface area contributed by atoms with E-state index in [0.29, 0.717) is 55.9 Å². The summed E-state index contributed by atoms with van der Waals surface area (Å²) in [5.41, 5.74) is 6.33. The van der Waals surface area contributed by atoms with Crippen molar-refractivity contribution in [3.8, 4) is 0 Å². The number of nitrogens with one attached hydrogen (secondary N) is 2. The van der Waals surface area contributed by atoms with Crippen LogP contribution in [-0.2, 0) is 4.79 Å². The molecule has 1 heterocycles. The Bertz CT molecular complexity index is 1030. The van der Waals surface area contributed by atoms with Gasteiger partial charge in [-0.15, -0.1) is 0 Å². The van der Waals surface area contributed by atoms with E-state index in [-0.39, 0.29) is 24.4 Å². The molecule has 8 heteroatoms. The van der Waals surface area contributed by atoms with Crippen LogP contribution in [0.15, 0.2) is 35.7 Å². The highest BCUT2D eigenvalue weighted by Crippen LogP contribution is 2.45. The highest BCUT2D eigenvalue weighted by Gasteiger charge is 2.44. The minimum atomic E-state index is -0.983. The molecule has 0 aromatic carbocycles. The monoisotopic (exact) mass is 674 g/mol. The molecule has 0 unspecified atom stereocenters. The third-order valence-electron chi connectivity index (χ3n) is 11.5. The molecule has 0 spiro atoms. The van der Waals surface area contributed by atoms with Crippen molar-refractivity contribution in [3.05, 3.63) is 35.7 Å². The van der Waals surface area contributed by atoms with Crippen molar-refractivity contribution in [3.63, 3.8) is 0 Å². The molecule has 0 aromatic heterocycles. The first-order valence-corrected chi connectivity index (χ1v) is 19.7. The molecule has 0 radical (unpaired) electrons. The van der Waals surface area contributed by atoms with E-state index >= 15 is 0 Å². The van der Waals surface area contributed by atoms with Crippen LogP contribution in [0, 0.1) is 29.6 Å². The van der Waals surface area contributed by atoms with Gasteiger partial charge in [0.25, 0.3) is 0 Å². The highest BCUT2D eigenvalue weighted by molar-refractivity contribution is 5.70. The van der Waals surface area contributed by atoms with Gasteiger partial charge >= 0.3 is 5.97 Å². The van der Waals surface area contributed by atoms with E-state index in [9.17, 15) is 25.2 Å². The normalized spacial score (nSPS) is 29.2. The quantitative estimate of drug-likeness (QED) is 0.0430. The van der Waals surface area contributed by atoms with Crippen molar-refractivity contribution >= 4 is 5.97 Å². The molecule has 1 fully saturated rings. The third-order valence-corrected chi connectivity index (χ3v) is 11.5. The van der Waals surface area contributed by atoms with Crippen molar-refractivity contribution in [2.24, 2.45) is 35.3 Å². The number of carboxylic acids is 1. The van der Waals surface area contributed by atoms with Crippen LogP contribution in [0.25, 0.3) is 0 Å². The zero-order valence-corrected chi connectivity index (χ0v) is 30.6. The number of allylic oxidation sites excluding steroid dienone is 3. The third kappa shape index (κ3) is 14.2. The van der Waals surface area contributed by atoms with Crippen LogP contribution in [0.4, 0.5) is 0 Å². The van der Waals surface area contributed by atoms with Crippen molar-refractivity contribution in [1.82, 2.24) is 10.6 Å². The smallest absolute Gasteiger partial charge is 0.309 e. The molecule has 276 valence electrons. The molecular formula is C40H71N3O5. The Labute approximate surface area is 292 Å². The van der Waals surface area contributed by atoms with Crippen LogP contribution in [0.1, 0.15) is 143 Å². The predicted octanol–water partition coefficient (Wildman–Crippen LogP) is 6.95. The average molecular weight is 674 g/mol. The summed E-state index contributed by atoms with van der Waals surface area (Å²) < 4.78 is 0. The van der Waals surface area contributed by atoms with Crippen molar-refractivity contribution in [2.45, 2.75) is 167 Å². The number of aliphatic hydroxyl groups is 3. The summed E-state index contributed by atoms with van der Waals surface area (Å²) in [6.07, 6.45) is 24.7. The largest absolute Gasteiger partial charge is 0.481 e. The number of rotatable bonds is 24. The first kappa shape index (κ1) is 40.6. The summed E-state index contributed by atoms with van der Waals surface area (Å²) in [5, 5.41) is 50.4. The van der Waals surface area contributed by atoms with E-state index in [4.69, 9.17) is 5.73 Å². The second kappa shape index (κ2) is 21.4. The molecule has 9 atom stereocenters. The fourth-order valence-electron chi connectivity index (χ4n) is 8.45. The lowest BCUT2D eigenvalue weighted by Crippen LogP contribution is -2.34. The molecule has 0 bridgehead atoms. The van der Waals surface area contributed by atoms with Gasteiger partial charge in [0.1, 0.15) is 0 Å². The van der Waals surface area contributed by atoms with E-state index in [1.54, 1.807) is 0 Å². The van der Waals surface area contributed by atoms with E-state index in [1.165, 1.54) is 44.1 Å². The molecule has 0 aromatic rings. The molecule has 8 nitrogen and oxygen atoms in total. The number of dihydropyridines is 1. The summed E-state index contributed by atoms with van der Waals surface area (Å²) in [7, 11) is 0. The van der Waals surface area contributed by atoms with Gasteiger partial charge in [-0.1, -0.05) is 89.9 Å². The second-order valence-corrected chi connectivity index (χ2v) is 15.7. The lowest BCUT2D eigenvalue weighted by atomic mass is 9.81. The van der Waals surface area contributed by atoms with Crippen LogP contribution >= 0.6 is 0 Å². The fraction of sp³-hybridized carbons (Fsp3) is 0.825. The summed E-state index contributed by atoms with van der Waals surface area (Å²) in [4.78, 5) is 12.2. The van der Waals surface area contributed by atoms with Crippen LogP contribution in [-0.4, -0.2) is 63.3 Å². The first-order chi connectivity index (χ1) is 23.0. The van der Waals surface area contributed by atoms with Gasteiger partial charge in [-0.3, -0.25) is 4.79 Å². The number of aliphatic carboxylic acids is 1. The van der Waals surface area contributed by atoms with Crippen molar-refractivity contribution in [1.29, 1.82) is 0 Å². The molecule has 8 N–H and O–H groups in total. The van der Waals surface area contributed by atoms with Gasteiger partial charge in [0, 0.05) is 18.5 Å². The summed E-state index contributed by atoms with van der Waals surface area (Å²) in [5.74, 6) is 0.152. The molecule has 3 aliphatic rings. The van der Waals surface area contributed by atoms with Crippen molar-refractivity contribution in [2.75, 3.05) is 13.1 Å². The zero-order valence-electron chi connectivity index (χ0n) is 30.6. The Morgan fingerprint density at radius 3 is 2.42 bits per heavy atom. The topological polar surface area (TPSA) is 148 Å². The van der Waals surface area contributed by atoms with Gasteiger partial charge in [0.05, 0.1) is 29.5 Å². The molecule has 48 heavy (non-hydrogen) atoms. The number of carboxylic acid groups (broad SMARTS) is 1. The molecule has 1 saturated carbocycles. The van der Waals surface area contributed by atoms with Crippen LogP contribution in [0.5, 0.6) is 0 Å². The zero-order chi connectivity index (χ0) is 34.9. The average Bonchev–Trinajstić information content (AvgIpc) is 3.36. The summed E-state index contributed by atoms with van der Waals surface area (Å²) in [6, 6.07) is 0.426. The maximum Gasteiger partial charge on any atom is 0.309 e. The van der Waals surface area contributed by atoms with E-state index in [0.717, 1.165) is 57.9 Å². The highest BCUT2D eigenvalue weighted by atomic mass is 16.4. The molecule has 0 amide bonds. The second-order valence-electron chi connectivity index (χ2n) is 15.7. The van der Waals surface area contributed by atoms with Gasteiger partial charge in [-0.05, 0) is 107 Å². The Hall–Kier alpha value is -1.87. The van der Waals surface area contributed by atoms with Crippen LogP contribution in [0.3, 0.4) is 0 Å². The molecule has 2 aliphatic carbocycles. The van der Waals surface area contributed by atoms with E-state index in [2.05, 4.69) is 49.6 Å². The molecule has 0 saturated heterocycles. The maximum atomic E-state index is 12.2. The van der Waals surface area contributed by atoms with Crippen LogP contribution in [0.2, 0.25) is 0 Å². The number of hydrogen-bond acceptors (Lipinski definition) is 7. The van der Waals surface area contributed by atoms with Gasteiger partial charge < -0.3 is 36.8 Å². The SMILES string of the molecule is CCCCC[C@@H]1C=C[C@@H](CCCCC[C@@H](C(=O)O)[C@@H](O)CC[C@@]2(O)C[C@@H](CN[C@@H](C)CCCCC)[C@H](CC3=CCNC(N)=C3)C2)[C@H](O)C1. The Morgan fingerprint density at radius 1 is 1.00 bits per heavy atom. The minimum absolute atomic E-state index is 0.187. The van der Waals surface area contributed by atoms with E-state index in [1.807, 2.05) is 6.08 Å². The molecule has 1 aliphatic heterocycles. The Kier molecular flexibility index (Phi) is 18.1. The lowest BCUT2D eigenvalue weighted by molar-refractivity contribution is -0.146. The predicted molar refractivity (Wildman–Crippen MR) is 196 cm³/mol. The first-order valence-electron chi connectivity index (χ1n) is 19.7. The van der Waals surface area contributed by atoms with Gasteiger partial charge in [0.2, 0.25) is 0 Å². The Balaban J connectivity index is 1.46. The lowest BCUT2D eigenvalue weighted by Gasteiger charge is -2.28. The van der Waals surface area contributed by atoms with Crippen molar-refractivity contribution < 1.29 is 25.2 Å². The van der Waals surface area contributed by atoms with Gasteiger partial charge in [-0.2, -0.15) is 0 Å². The molecule has 3 rings (SSSR count). The van der Waals surface area contributed by atoms with Gasteiger partial charge in [-0.25, -0.2) is 0 Å². The maximum absolute atomic E-state index is 12.2. The van der Waals surface area contributed by atoms with Gasteiger partial charge in [0.15, 0.2) is 0 Å². The van der Waals surface area contributed by atoms with E-state index < -0.39 is 23.6 Å². The molecular weight excluding hydrogens is 602 g/mol. The number of carbonyl (C=O) groups is 1. The Morgan fingerprint density at radius 2 is 1.71 bits per heavy atom.